The molecule has 0 aliphatic rings. The fourth-order valence-corrected chi connectivity index (χ4v) is 2.35. The molecular weight excluding hydrogens is 321 g/mol. The van der Waals surface area contributed by atoms with Crippen molar-refractivity contribution in [3.05, 3.63) is 59.8 Å². The third-order valence-electron chi connectivity index (χ3n) is 3.72. The van der Waals surface area contributed by atoms with Crippen LogP contribution < -0.4 is 5.32 Å². The van der Waals surface area contributed by atoms with Crippen molar-refractivity contribution >= 4 is 5.91 Å². The van der Waals surface area contributed by atoms with Gasteiger partial charge in [0, 0.05) is 30.3 Å². The molecular formula is C18H18FN5O. The highest BCUT2D eigenvalue weighted by atomic mass is 19.1. The van der Waals surface area contributed by atoms with Gasteiger partial charge >= 0.3 is 0 Å². The lowest BCUT2D eigenvalue weighted by Gasteiger charge is -2.11. The average Bonchev–Trinajstić information content (AvgIpc) is 3.06. The number of hydrogen-bond donors (Lipinski definition) is 1. The quantitative estimate of drug-likeness (QED) is 0.776. The van der Waals surface area contributed by atoms with Gasteiger partial charge in [-0.1, -0.05) is 6.92 Å². The number of nitrogens with one attached hydrogen (secondary N) is 1. The predicted octanol–water partition coefficient (Wildman–Crippen LogP) is 2.80. The first kappa shape index (κ1) is 16.8. The maximum Gasteiger partial charge on any atom is 0.219 e. The summed E-state index contributed by atoms with van der Waals surface area (Å²) < 4.78 is 13.1. The molecule has 0 aliphatic carbocycles. The minimum absolute atomic E-state index is 0.0434. The second kappa shape index (κ2) is 7.21. The molecule has 0 saturated heterocycles. The number of carbonyl (C=O) groups excluding carboxylic acids is 1. The molecule has 3 aromatic rings. The van der Waals surface area contributed by atoms with E-state index in [9.17, 15) is 9.18 Å². The van der Waals surface area contributed by atoms with Crippen LogP contribution in [0.15, 0.2) is 42.7 Å². The third-order valence-corrected chi connectivity index (χ3v) is 3.72. The van der Waals surface area contributed by atoms with Crippen LogP contribution in [0.3, 0.4) is 0 Å². The number of nitrogens with zero attached hydrogens (tertiary/aromatic N) is 4. The summed E-state index contributed by atoms with van der Waals surface area (Å²) in [5.41, 5.74) is 3.76. The zero-order chi connectivity index (χ0) is 17.8. The lowest BCUT2D eigenvalue weighted by Crippen LogP contribution is -2.22. The lowest BCUT2D eigenvalue weighted by molar-refractivity contribution is -0.120. The fraction of sp³-hybridized carbons (Fsp3) is 0.222. The van der Waals surface area contributed by atoms with Crippen LogP contribution in [0.4, 0.5) is 4.39 Å². The first-order chi connectivity index (χ1) is 12.1. The van der Waals surface area contributed by atoms with Crippen molar-refractivity contribution < 1.29 is 9.18 Å². The van der Waals surface area contributed by atoms with Gasteiger partial charge in [-0.2, -0.15) is 15.0 Å². The number of benzene rings is 1. The van der Waals surface area contributed by atoms with E-state index >= 15 is 0 Å². The number of carbonyl (C=O) groups is 1. The number of aryl methyl sites for hydroxylation is 1. The van der Waals surface area contributed by atoms with Crippen molar-refractivity contribution in [2.45, 2.75) is 26.8 Å². The molecule has 1 aromatic carbocycles. The predicted molar refractivity (Wildman–Crippen MR) is 91.4 cm³/mol. The van der Waals surface area contributed by atoms with E-state index in [-0.39, 0.29) is 11.7 Å². The normalized spacial score (nSPS) is 10.7. The first-order valence-electron chi connectivity index (χ1n) is 7.97. The highest BCUT2D eigenvalue weighted by molar-refractivity contribution is 5.75. The summed E-state index contributed by atoms with van der Waals surface area (Å²) in [5, 5.41) is 11.4. The zero-order valence-electron chi connectivity index (χ0n) is 14.0. The Morgan fingerprint density at radius 3 is 2.64 bits per heavy atom. The Morgan fingerprint density at radius 1 is 1.24 bits per heavy atom. The topological polar surface area (TPSA) is 72.7 Å². The Bertz CT molecular complexity index is 889. The summed E-state index contributed by atoms with van der Waals surface area (Å²) in [7, 11) is 0. The number of rotatable bonds is 5. The van der Waals surface area contributed by atoms with Crippen LogP contribution in [0, 0.1) is 12.7 Å². The molecule has 6 nitrogen and oxygen atoms in total. The van der Waals surface area contributed by atoms with Gasteiger partial charge < -0.3 is 5.32 Å². The van der Waals surface area contributed by atoms with Gasteiger partial charge in [-0.05, 0) is 37.3 Å². The van der Waals surface area contributed by atoms with E-state index in [1.54, 1.807) is 31.5 Å². The molecule has 0 unspecified atom stereocenters. The fourth-order valence-electron chi connectivity index (χ4n) is 2.35. The molecule has 25 heavy (non-hydrogen) atoms. The van der Waals surface area contributed by atoms with Crippen molar-refractivity contribution in [2.75, 3.05) is 0 Å². The molecule has 128 valence electrons. The van der Waals surface area contributed by atoms with E-state index < -0.39 is 0 Å². The smallest absolute Gasteiger partial charge is 0.219 e. The number of amides is 1. The highest BCUT2D eigenvalue weighted by Crippen LogP contribution is 2.22. The third kappa shape index (κ3) is 3.88. The first-order valence-corrected chi connectivity index (χ1v) is 7.97. The van der Waals surface area contributed by atoms with Crippen LogP contribution in [0.1, 0.15) is 24.6 Å². The second-order valence-corrected chi connectivity index (χ2v) is 5.61. The summed E-state index contributed by atoms with van der Waals surface area (Å²) in [4.78, 5) is 17.5. The van der Waals surface area contributed by atoms with Crippen molar-refractivity contribution in [2.24, 2.45) is 0 Å². The van der Waals surface area contributed by atoms with Crippen LogP contribution in [0.25, 0.3) is 16.9 Å². The molecule has 0 radical (unpaired) electrons. The van der Waals surface area contributed by atoms with E-state index in [1.807, 2.05) is 13.0 Å². The van der Waals surface area contributed by atoms with E-state index in [0.29, 0.717) is 18.7 Å². The molecule has 1 N–H and O–H groups in total. The van der Waals surface area contributed by atoms with Crippen molar-refractivity contribution in [1.29, 1.82) is 0 Å². The van der Waals surface area contributed by atoms with Gasteiger partial charge in [0.2, 0.25) is 5.91 Å². The van der Waals surface area contributed by atoms with Gasteiger partial charge in [0.1, 0.15) is 5.82 Å². The highest BCUT2D eigenvalue weighted by Gasteiger charge is 2.12. The van der Waals surface area contributed by atoms with Gasteiger partial charge in [0.25, 0.3) is 0 Å². The number of pyridine rings is 1. The molecule has 0 fully saturated rings. The van der Waals surface area contributed by atoms with Crippen molar-refractivity contribution in [1.82, 2.24) is 25.3 Å². The van der Waals surface area contributed by atoms with Crippen molar-refractivity contribution in [3.8, 4) is 16.9 Å². The molecule has 0 aliphatic heterocycles. The monoisotopic (exact) mass is 339 g/mol. The van der Waals surface area contributed by atoms with Crippen LogP contribution in [-0.4, -0.2) is 25.9 Å². The summed E-state index contributed by atoms with van der Waals surface area (Å²) in [5.74, 6) is -0.342. The van der Waals surface area contributed by atoms with E-state index in [2.05, 4.69) is 20.5 Å². The maximum atomic E-state index is 13.1. The van der Waals surface area contributed by atoms with Crippen LogP contribution >= 0.6 is 0 Å². The summed E-state index contributed by atoms with van der Waals surface area (Å²) in [6, 6.07) is 7.95. The summed E-state index contributed by atoms with van der Waals surface area (Å²) in [6.07, 6.45) is 3.75. The van der Waals surface area contributed by atoms with E-state index in [4.69, 9.17) is 0 Å². The van der Waals surface area contributed by atoms with Gasteiger partial charge in [0.05, 0.1) is 23.3 Å². The molecule has 2 aromatic heterocycles. The van der Waals surface area contributed by atoms with Crippen LogP contribution in [-0.2, 0) is 11.3 Å². The standard InChI is InChI=1S/C18H18FN5O/c1-3-18(25)21-11-14-10-20-16(13-4-6-15(19)7-5-13)8-17(14)24-22-9-12(2)23-24/h4-10H,3,11H2,1-2H3,(H,21,25). The summed E-state index contributed by atoms with van der Waals surface area (Å²) >= 11 is 0. The Labute approximate surface area is 144 Å². The van der Waals surface area contributed by atoms with E-state index in [0.717, 1.165) is 22.5 Å². The molecule has 0 saturated carbocycles. The average molecular weight is 339 g/mol. The molecule has 0 bridgehead atoms. The Morgan fingerprint density at radius 2 is 2.00 bits per heavy atom. The Hall–Kier alpha value is -3.09. The van der Waals surface area contributed by atoms with Crippen LogP contribution in [0.2, 0.25) is 0 Å². The molecule has 3 rings (SSSR count). The molecule has 0 spiro atoms. The molecule has 0 atom stereocenters. The number of aromatic nitrogens is 4. The van der Waals surface area contributed by atoms with Gasteiger partial charge in [-0.15, -0.1) is 0 Å². The molecule has 2 heterocycles. The summed E-state index contributed by atoms with van der Waals surface area (Å²) in [6.45, 7) is 3.98. The molecule has 7 heteroatoms. The number of halogens is 1. The second-order valence-electron chi connectivity index (χ2n) is 5.61. The number of hydrogen-bond acceptors (Lipinski definition) is 4. The molecule has 1 amide bonds. The van der Waals surface area contributed by atoms with Crippen LogP contribution in [0.5, 0.6) is 0 Å². The minimum Gasteiger partial charge on any atom is -0.352 e. The van der Waals surface area contributed by atoms with Crippen molar-refractivity contribution in [3.63, 3.8) is 0 Å². The lowest BCUT2D eigenvalue weighted by atomic mass is 10.1. The zero-order valence-corrected chi connectivity index (χ0v) is 14.0. The largest absolute Gasteiger partial charge is 0.352 e. The minimum atomic E-state index is -0.299. The SMILES string of the molecule is CCC(=O)NCc1cnc(-c2ccc(F)cc2)cc1-n1ncc(C)n1. The maximum absolute atomic E-state index is 13.1. The van der Waals surface area contributed by atoms with Gasteiger partial charge in [0.15, 0.2) is 0 Å². The van der Waals surface area contributed by atoms with Gasteiger partial charge in [-0.3, -0.25) is 9.78 Å². The van der Waals surface area contributed by atoms with Gasteiger partial charge in [-0.25, -0.2) is 4.39 Å². The Kier molecular flexibility index (Phi) is 4.83. The Balaban J connectivity index is 2.00. The van der Waals surface area contributed by atoms with E-state index in [1.165, 1.54) is 16.9 Å².